The summed E-state index contributed by atoms with van der Waals surface area (Å²) in [6.07, 6.45) is 1.46. The lowest BCUT2D eigenvalue weighted by Gasteiger charge is -2.03. The van der Waals surface area contributed by atoms with E-state index in [1.165, 1.54) is 10.9 Å². The molecule has 0 atom stereocenters. The summed E-state index contributed by atoms with van der Waals surface area (Å²) < 4.78 is 1.44. The first-order valence-corrected chi connectivity index (χ1v) is 5.73. The summed E-state index contributed by atoms with van der Waals surface area (Å²) in [5.41, 5.74) is 6.36. The minimum absolute atomic E-state index is 0.127. The molecule has 7 heteroatoms. The third kappa shape index (κ3) is 2.57. The number of aromatic carboxylic acids is 1. The number of benzene rings is 1. The van der Waals surface area contributed by atoms with Crippen LogP contribution in [-0.2, 0) is 6.54 Å². The van der Waals surface area contributed by atoms with Gasteiger partial charge in [-0.05, 0) is 17.7 Å². The Morgan fingerprint density at radius 1 is 1.39 bits per heavy atom. The number of anilines is 1. The fraction of sp³-hybridized carbons (Fsp3) is 0.0909. The van der Waals surface area contributed by atoms with Crippen molar-refractivity contribution in [1.29, 1.82) is 0 Å². The SMILES string of the molecule is Nc1cn(Cc2ccc(Cl)c(Cl)c2)nc1C(=O)O. The Morgan fingerprint density at radius 3 is 2.67 bits per heavy atom. The summed E-state index contributed by atoms with van der Waals surface area (Å²) in [6, 6.07) is 5.15. The topological polar surface area (TPSA) is 81.1 Å². The molecule has 0 spiro atoms. The van der Waals surface area contributed by atoms with Gasteiger partial charge >= 0.3 is 5.97 Å². The highest BCUT2D eigenvalue weighted by Gasteiger charge is 2.13. The zero-order valence-electron chi connectivity index (χ0n) is 9.10. The Morgan fingerprint density at radius 2 is 2.11 bits per heavy atom. The molecule has 18 heavy (non-hydrogen) atoms. The smallest absolute Gasteiger partial charge is 0.358 e. The van der Waals surface area contributed by atoms with E-state index in [0.717, 1.165) is 5.56 Å². The van der Waals surface area contributed by atoms with Crippen LogP contribution in [0.15, 0.2) is 24.4 Å². The lowest BCUT2D eigenvalue weighted by Crippen LogP contribution is -2.04. The molecule has 0 aliphatic heterocycles. The molecule has 0 fully saturated rings. The van der Waals surface area contributed by atoms with Gasteiger partial charge in [0.1, 0.15) is 0 Å². The van der Waals surface area contributed by atoms with Crippen molar-refractivity contribution in [2.24, 2.45) is 0 Å². The molecular formula is C11H9Cl2N3O2. The van der Waals surface area contributed by atoms with Gasteiger partial charge in [-0.15, -0.1) is 0 Å². The molecule has 2 aromatic rings. The highest BCUT2D eigenvalue weighted by molar-refractivity contribution is 6.42. The van der Waals surface area contributed by atoms with Crippen LogP contribution in [0.1, 0.15) is 16.1 Å². The van der Waals surface area contributed by atoms with Crippen LogP contribution in [0.25, 0.3) is 0 Å². The number of hydrogen-bond acceptors (Lipinski definition) is 3. The van der Waals surface area contributed by atoms with Gasteiger partial charge in [-0.25, -0.2) is 4.79 Å². The molecule has 0 amide bonds. The predicted molar refractivity (Wildman–Crippen MR) is 69.2 cm³/mol. The van der Waals surface area contributed by atoms with Crippen LogP contribution in [0.5, 0.6) is 0 Å². The van der Waals surface area contributed by atoms with E-state index in [-0.39, 0.29) is 11.4 Å². The fourth-order valence-electron chi connectivity index (χ4n) is 1.51. The molecule has 1 heterocycles. The number of halogens is 2. The van der Waals surface area contributed by atoms with Crippen LogP contribution in [0.4, 0.5) is 5.69 Å². The van der Waals surface area contributed by atoms with Crippen molar-refractivity contribution >= 4 is 34.9 Å². The van der Waals surface area contributed by atoms with Gasteiger partial charge < -0.3 is 10.8 Å². The quantitative estimate of drug-likeness (QED) is 0.908. The van der Waals surface area contributed by atoms with Crippen LogP contribution in [0.3, 0.4) is 0 Å². The minimum atomic E-state index is -1.15. The number of carbonyl (C=O) groups is 1. The highest BCUT2D eigenvalue weighted by Crippen LogP contribution is 2.23. The van der Waals surface area contributed by atoms with Gasteiger partial charge in [0, 0.05) is 6.20 Å². The van der Waals surface area contributed by atoms with Gasteiger partial charge in [0.05, 0.1) is 22.3 Å². The van der Waals surface area contributed by atoms with E-state index in [0.29, 0.717) is 16.6 Å². The van der Waals surface area contributed by atoms with Crippen LogP contribution in [0, 0.1) is 0 Å². The predicted octanol–water partition coefficient (Wildman–Crippen LogP) is 2.52. The number of carboxylic acid groups (broad SMARTS) is 1. The maximum Gasteiger partial charge on any atom is 0.358 e. The Labute approximate surface area is 113 Å². The van der Waals surface area contributed by atoms with E-state index >= 15 is 0 Å². The fourth-order valence-corrected chi connectivity index (χ4v) is 1.83. The summed E-state index contributed by atoms with van der Waals surface area (Å²) in [5.74, 6) is -1.15. The Balaban J connectivity index is 2.26. The molecule has 1 aromatic heterocycles. The lowest BCUT2D eigenvalue weighted by molar-refractivity contribution is 0.0690. The molecule has 0 unspecified atom stereocenters. The van der Waals surface area contributed by atoms with Gasteiger partial charge in [0.15, 0.2) is 5.69 Å². The maximum atomic E-state index is 10.8. The summed E-state index contributed by atoms with van der Waals surface area (Å²) in [5, 5.41) is 13.6. The van der Waals surface area contributed by atoms with Crippen LogP contribution in [-0.4, -0.2) is 20.9 Å². The Hall–Kier alpha value is -1.72. The number of aromatic nitrogens is 2. The number of nitrogen functional groups attached to an aromatic ring is 1. The van der Waals surface area contributed by atoms with Crippen molar-refractivity contribution in [2.45, 2.75) is 6.54 Å². The molecule has 3 N–H and O–H groups in total. The van der Waals surface area contributed by atoms with E-state index in [1.54, 1.807) is 18.2 Å². The second kappa shape index (κ2) is 4.88. The lowest BCUT2D eigenvalue weighted by atomic mass is 10.2. The monoisotopic (exact) mass is 285 g/mol. The molecule has 0 aliphatic rings. The summed E-state index contributed by atoms with van der Waals surface area (Å²) in [4.78, 5) is 10.8. The van der Waals surface area contributed by atoms with Crippen molar-refractivity contribution in [3.05, 3.63) is 45.7 Å². The second-order valence-electron chi connectivity index (χ2n) is 3.68. The van der Waals surface area contributed by atoms with Crippen LogP contribution in [0.2, 0.25) is 10.0 Å². The van der Waals surface area contributed by atoms with Crippen LogP contribution < -0.4 is 5.73 Å². The second-order valence-corrected chi connectivity index (χ2v) is 4.50. The molecule has 0 saturated heterocycles. The zero-order valence-corrected chi connectivity index (χ0v) is 10.6. The highest BCUT2D eigenvalue weighted by atomic mass is 35.5. The van der Waals surface area contributed by atoms with Gasteiger partial charge in [-0.2, -0.15) is 5.10 Å². The van der Waals surface area contributed by atoms with Crippen LogP contribution >= 0.6 is 23.2 Å². The summed E-state index contributed by atoms with van der Waals surface area (Å²) in [6.45, 7) is 0.369. The first kappa shape index (κ1) is 12.7. The van der Waals surface area contributed by atoms with Gasteiger partial charge in [0.2, 0.25) is 0 Å². The third-order valence-corrected chi connectivity index (χ3v) is 3.06. The van der Waals surface area contributed by atoms with E-state index in [4.69, 9.17) is 34.0 Å². The molecule has 94 valence electrons. The number of hydrogen-bond donors (Lipinski definition) is 2. The maximum absolute atomic E-state index is 10.8. The van der Waals surface area contributed by atoms with Crippen molar-refractivity contribution in [3.8, 4) is 0 Å². The van der Waals surface area contributed by atoms with Gasteiger partial charge in [-0.1, -0.05) is 29.3 Å². The van der Waals surface area contributed by atoms with E-state index in [9.17, 15) is 4.79 Å². The largest absolute Gasteiger partial charge is 0.476 e. The van der Waals surface area contributed by atoms with E-state index in [2.05, 4.69) is 5.10 Å². The molecule has 1 aromatic carbocycles. The van der Waals surface area contributed by atoms with Crippen molar-refractivity contribution < 1.29 is 9.90 Å². The van der Waals surface area contributed by atoms with Gasteiger partial charge in [-0.3, -0.25) is 4.68 Å². The molecule has 0 saturated carbocycles. The van der Waals surface area contributed by atoms with E-state index < -0.39 is 5.97 Å². The molecule has 5 nitrogen and oxygen atoms in total. The van der Waals surface area contributed by atoms with Crippen molar-refractivity contribution in [3.63, 3.8) is 0 Å². The number of carboxylic acids is 1. The Bertz CT molecular complexity index is 610. The molecular weight excluding hydrogens is 277 g/mol. The average molecular weight is 286 g/mol. The normalized spacial score (nSPS) is 10.6. The standard InChI is InChI=1S/C11H9Cl2N3O2/c12-7-2-1-6(3-8(7)13)4-16-5-9(14)10(15-16)11(17)18/h1-3,5H,4,14H2,(H,17,18). The zero-order chi connectivity index (χ0) is 13.3. The van der Waals surface area contributed by atoms with Crippen molar-refractivity contribution in [1.82, 2.24) is 9.78 Å². The third-order valence-electron chi connectivity index (χ3n) is 2.32. The number of nitrogens with two attached hydrogens (primary N) is 1. The van der Waals surface area contributed by atoms with Crippen molar-refractivity contribution in [2.75, 3.05) is 5.73 Å². The molecule has 0 aliphatic carbocycles. The number of nitrogens with zero attached hydrogens (tertiary/aromatic N) is 2. The first-order chi connectivity index (χ1) is 8.47. The summed E-state index contributed by atoms with van der Waals surface area (Å²) >= 11 is 11.7. The molecule has 2 rings (SSSR count). The molecule has 0 bridgehead atoms. The summed E-state index contributed by atoms with van der Waals surface area (Å²) in [7, 11) is 0. The molecule has 0 radical (unpaired) electrons. The average Bonchev–Trinajstić information content (AvgIpc) is 2.65. The Kier molecular flexibility index (Phi) is 3.45. The minimum Gasteiger partial charge on any atom is -0.476 e. The number of rotatable bonds is 3. The van der Waals surface area contributed by atoms with Gasteiger partial charge in [0.25, 0.3) is 0 Å². The van der Waals surface area contributed by atoms with E-state index in [1.807, 2.05) is 0 Å². The first-order valence-electron chi connectivity index (χ1n) is 4.97.